The Kier molecular flexibility index (Phi) is 5.73. The number of aliphatic hydroxyl groups is 1. The first-order valence-corrected chi connectivity index (χ1v) is 10.3. The van der Waals surface area contributed by atoms with Gasteiger partial charge in [-0.05, 0) is 53.3 Å². The third-order valence-electron chi connectivity index (χ3n) is 5.05. The van der Waals surface area contributed by atoms with E-state index in [-0.39, 0.29) is 12.6 Å². The predicted octanol–water partition coefficient (Wildman–Crippen LogP) is 4.01. The Hall–Kier alpha value is -2.65. The minimum absolute atomic E-state index is 0.167. The molecule has 0 aliphatic carbocycles. The van der Waals surface area contributed by atoms with Crippen molar-refractivity contribution in [3.8, 4) is 11.8 Å². The van der Waals surface area contributed by atoms with E-state index < -0.39 is 6.10 Å². The maximum atomic E-state index is 10.6. The van der Waals surface area contributed by atoms with Crippen LogP contribution in [-0.4, -0.2) is 35.8 Å². The lowest BCUT2D eigenvalue weighted by atomic mass is 9.93. The van der Waals surface area contributed by atoms with Crippen molar-refractivity contribution < 1.29 is 9.84 Å². The van der Waals surface area contributed by atoms with Crippen molar-refractivity contribution in [1.82, 2.24) is 4.90 Å². The lowest BCUT2D eigenvalue weighted by molar-refractivity contribution is 0.0557. The van der Waals surface area contributed by atoms with Crippen LogP contribution in [0.5, 0.6) is 5.75 Å². The van der Waals surface area contributed by atoms with E-state index in [0.29, 0.717) is 17.9 Å². The maximum Gasteiger partial charge on any atom is 0.119 e. The zero-order valence-corrected chi connectivity index (χ0v) is 16.3. The van der Waals surface area contributed by atoms with E-state index in [1.165, 1.54) is 16.0 Å². The molecule has 1 aliphatic heterocycles. The molecule has 2 unspecified atom stereocenters. The molecule has 1 aliphatic rings. The van der Waals surface area contributed by atoms with Crippen LogP contribution in [0.4, 0.5) is 0 Å². The molecule has 0 saturated heterocycles. The van der Waals surface area contributed by atoms with E-state index in [0.717, 1.165) is 13.0 Å². The highest BCUT2D eigenvalue weighted by atomic mass is 32.1. The Morgan fingerprint density at radius 1 is 1.14 bits per heavy atom. The number of ether oxygens (including phenoxy) is 1. The van der Waals surface area contributed by atoms with Crippen LogP contribution < -0.4 is 4.74 Å². The molecule has 0 fully saturated rings. The number of hydrogen-bond acceptors (Lipinski definition) is 5. The number of benzene rings is 2. The van der Waals surface area contributed by atoms with Crippen LogP contribution in [0.15, 0.2) is 66.0 Å². The van der Waals surface area contributed by atoms with Crippen molar-refractivity contribution in [2.45, 2.75) is 18.6 Å². The highest BCUT2D eigenvalue weighted by molar-refractivity contribution is 7.10. The van der Waals surface area contributed by atoms with Gasteiger partial charge in [0.25, 0.3) is 0 Å². The molecule has 28 heavy (non-hydrogen) atoms. The largest absolute Gasteiger partial charge is 0.491 e. The minimum Gasteiger partial charge on any atom is -0.491 e. The topological polar surface area (TPSA) is 56.5 Å². The van der Waals surface area contributed by atoms with Gasteiger partial charge in [-0.1, -0.05) is 30.3 Å². The molecule has 4 nitrogen and oxygen atoms in total. The van der Waals surface area contributed by atoms with Gasteiger partial charge in [-0.3, -0.25) is 4.90 Å². The summed E-state index contributed by atoms with van der Waals surface area (Å²) in [4.78, 5) is 3.78. The smallest absolute Gasteiger partial charge is 0.119 e. The zero-order valence-electron chi connectivity index (χ0n) is 15.5. The van der Waals surface area contributed by atoms with Gasteiger partial charge in [0, 0.05) is 18.0 Å². The molecule has 0 amide bonds. The van der Waals surface area contributed by atoms with Gasteiger partial charge in [0.05, 0.1) is 17.7 Å². The summed E-state index contributed by atoms with van der Waals surface area (Å²) in [6, 6.07) is 21.9. The summed E-state index contributed by atoms with van der Waals surface area (Å²) >= 11 is 1.82. The van der Waals surface area contributed by atoms with Gasteiger partial charge in [-0.15, -0.1) is 11.3 Å². The van der Waals surface area contributed by atoms with Gasteiger partial charge in [0.1, 0.15) is 18.5 Å². The molecule has 2 atom stereocenters. The van der Waals surface area contributed by atoms with E-state index in [1.54, 1.807) is 24.3 Å². The number of nitriles is 1. The SMILES string of the molecule is N#Cc1ccc(OCC(O)CN2CCc3sccc3C2c2ccccc2)cc1. The Bertz CT molecular complexity index is 947. The number of fused-ring (bicyclic) bond motifs is 1. The molecule has 5 heteroatoms. The van der Waals surface area contributed by atoms with Crippen molar-refractivity contribution in [3.05, 3.63) is 87.6 Å². The number of hydrogen-bond donors (Lipinski definition) is 1. The number of thiophene rings is 1. The van der Waals surface area contributed by atoms with Crippen LogP contribution in [0.3, 0.4) is 0 Å². The van der Waals surface area contributed by atoms with E-state index in [2.05, 4.69) is 46.7 Å². The molecular weight excluding hydrogens is 368 g/mol. The van der Waals surface area contributed by atoms with Crippen LogP contribution in [0.2, 0.25) is 0 Å². The van der Waals surface area contributed by atoms with Crippen molar-refractivity contribution in [2.75, 3.05) is 19.7 Å². The molecule has 0 saturated carbocycles. The van der Waals surface area contributed by atoms with Crippen LogP contribution in [-0.2, 0) is 6.42 Å². The molecule has 1 N–H and O–H groups in total. The van der Waals surface area contributed by atoms with E-state index >= 15 is 0 Å². The van der Waals surface area contributed by atoms with Crippen LogP contribution in [0.1, 0.15) is 27.6 Å². The molecule has 1 aromatic heterocycles. The lowest BCUT2D eigenvalue weighted by Crippen LogP contribution is -2.42. The lowest BCUT2D eigenvalue weighted by Gasteiger charge is -2.37. The predicted molar refractivity (Wildman–Crippen MR) is 111 cm³/mol. The molecule has 0 bridgehead atoms. The summed E-state index contributed by atoms with van der Waals surface area (Å²) in [5, 5.41) is 21.6. The van der Waals surface area contributed by atoms with E-state index in [1.807, 2.05) is 17.4 Å². The molecule has 0 radical (unpaired) electrons. The highest BCUT2D eigenvalue weighted by Crippen LogP contribution is 2.37. The van der Waals surface area contributed by atoms with E-state index in [9.17, 15) is 5.11 Å². The Balaban J connectivity index is 1.44. The summed E-state index contributed by atoms with van der Waals surface area (Å²) < 4.78 is 5.72. The second-order valence-corrected chi connectivity index (χ2v) is 7.96. The number of nitrogens with zero attached hydrogens (tertiary/aromatic N) is 2. The normalized spacial score (nSPS) is 17.5. The second kappa shape index (κ2) is 8.57. The summed E-state index contributed by atoms with van der Waals surface area (Å²) in [6.07, 6.45) is 0.418. The average molecular weight is 391 g/mol. The molecule has 0 spiro atoms. The van der Waals surface area contributed by atoms with Gasteiger partial charge < -0.3 is 9.84 Å². The first kappa shape index (κ1) is 18.7. The quantitative estimate of drug-likeness (QED) is 0.691. The molecule has 142 valence electrons. The monoisotopic (exact) mass is 390 g/mol. The van der Waals surface area contributed by atoms with Gasteiger partial charge in [0.2, 0.25) is 0 Å². The Labute approximate surface area is 169 Å². The number of aliphatic hydroxyl groups excluding tert-OH is 1. The molecule has 2 heterocycles. The first-order chi connectivity index (χ1) is 13.7. The van der Waals surface area contributed by atoms with Crippen LogP contribution in [0.25, 0.3) is 0 Å². The standard InChI is InChI=1S/C23H22N2O2S/c24-14-17-6-8-20(9-7-17)27-16-19(26)15-25-12-10-22-21(11-13-28-22)23(25)18-4-2-1-3-5-18/h1-9,11,13,19,23,26H,10,12,15-16H2. The number of rotatable bonds is 6. The van der Waals surface area contributed by atoms with Crippen LogP contribution in [0, 0.1) is 11.3 Å². The van der Waals surface area contributed by atoms with Crippen molar-refractivity contribution in [2.24, 2.45) is 0 Å². The third kappa shape index (κ3) is 4.10. The van der Waals surface area contributed by atoms with E-state index in [4.69, 9.17) is 10.00 Å². The van der Waals surface area contributed by atoms with Gasteiger partial charge in [-0.25, -0.2) is 0 Å². The highest BCUT2D eigenvalue weighted by Gasteiger charge is 2.30. The first-order valence-electron chi connectivity index (χ1n) is 9.41. The third-order valence-corrected chi connectivity index (χ3v) is 6.05. The fourth-order valence-electron chi connectivity index (χ4n) is 3.73. The minimum atomic E-state index is -0.595. The zero-order chi connectivity index (χ0) is 19.3. The summed E-state index contributed by atoms with van der Waals surface area (Å²) in [6.45, 7) is 1.69. The van der Waals surface area contributed by atoms with Crippen molar-refractivity contribution >= 4 is 11.3 Å². The second-order valence-electron chi connectivity index (χ2n) is 6.96. The number of β-amino-alcohol motifs (C(OH)–C–C–N with tert-alkyl or cyclic N) is 1. The fraction of sp³-hybridized carbons (Fsp3) is 0.261. The molecular formula is C23H22N2O2S. The average Bonchev–Trinajstić information content (AvgIpc) is 3.22. The Morgan fingerprint density at radius 2 is 1.93 bits per heavy atom. The summed E-state index contributed by atoms with van der Waals surface area (Å²) in [5.41, 5.74) is 3.20. The van der Waals surface area contributed by atoms with Gasteiger partial charge in [-0.2, -0.15) is 5.26 Å². The van der Waals surface area contributed by atoms with Crippen LogP contribution >= 0.6 is 11.3 Å². The molecule has 2 aromatic carbocycles. The van der Waals surface area contributed by atoms with Gasteiger partial charge >= 0.3 is 0 Å². The summed E-state index contributed by atoms with van der Waals surface area (Å²) in [5.74, 6) is 0.663. The van der Waals surface area contributed by atoms with Crippen molar-refractivity contribution in [3.63, 3.8) is 0 Å². The molecule has 3 aromatic rings. The van der Waals surface area contributed by atoms with Gasteiger partial charge in [0.15, 0.2) is 0 Å². The summed E-state index contributed by atoms with van der Waals surface area (Å²) in [7, 11) is 0. The Morgan fingerprint density at radius 3 is 2.68 bits per heavy atom. The maximum absolute atomic E-state index is 10.6. The fourth-order valence-corrected chi connectivity index (χ4v) is 4.64. The van der Waals surface area contributed by atoms with Crippen molar-refractivity contribution in [1.29, 1.82) is 5.26 Å². The molecule has 4 rings (SSSR count).